The summed E-state index contributed by atoms with van der Waals surface area (Å²) in [4.78, 5) is 32.5. The lowest BCUT2D eigenvalue weighted by atomic mass is 9.93. The highest BCUT2D eigenvalue weighted by Crippen LogP contribution is 2.46. The van der Waals surface area contributed by atoms with Crippen molar-refractivity contribution in [3.8, 4) is 23.0 Å². The lowest BCUT2D eigenvalue weighted by molar-refractivity contribution is -0.140. The van der Waals surface area contributed by atoms with Gasteiger partial charge >= 0.3 is 0 Å². The summed E-state index contributed by atoms with van der Waals surface area (Å²) < 4.78 is 21.7. The molecule has 1 N–H and O–H groups in total. The highest BCUT2D eigenvalue weighted by atomic mass is 16.5. The van der Waals surface area contributed by atoms with Crippen LogP contribution in [0.2, 0.25) is 0 Å². The Hall–Kier alpha value is -4.53. The Balaban J connectivity index is 1.96. The molecule has 0 spiro atoms. The third-order valence-electron chi connectivity index (χ3n) is 6.29. The molecule has 1 aliphatic rings. The minimum absolute atomic E-state index is 0.0467. The zero-order chi connectivity index (χ0) is 26.7. The number of amides is 1. The number of ether oxygens (including phenoxy) is 4. The molecule has 0 aliphatic carbocycles. The number of aromatic nitrogens is 1. The fraction of sp³-hybridized carbons (Fsp3) is 0.250. The Bertz CT molecular complexity index is 1340. The largest absolute Gasteiger partial charge is 0.507 e. The van der Waals surface area contributed by atoms with Crippen LogP contribution in [0.4, 0.5) is 0 Å². The van der Waals surface area contributed by atoms with E-state index in [1.807, 2.05) is 0 Å². The van der Waals surface area contributed by atoms with E-state index in [-0.39, 0.29) is 17.9 Å². The summed E-state index contributed by atoms with van der Waals surface area (Å²) in [6.45, 7) is 1.83. The van der Waals surface area contributed by atoms with Crippen molar-refractivity contribution < 1.29 is 33.6 Å². The maximum absolute atomic E-state index is 13.4. The Morgan fingerprint density at radius 3 is 2.19 bits per heavy atom. The van der Waals surface area contributed by atoms with Crippen LogP contribution in [0.25, 0.3) is 5.76 Å². The van der Waals surface area contributed by atoms with Crippen LogP contribution >= 0.6 is 0 Å². The summed E-state index contributed by atoms with van der Waals surface area (Å²) >= 11 is 0. The molecule has 9 nitrogen and oxygen atoms in total. The van der Waals surface area contributed by atoms with Gasteiger partial charge in [-0.2, -0.15) is 0 Å². The molecule has 0 bridgehead atoms. The molecule has 37 heavy (non-hydrogen) atoms. The normalized spacial score (nSPS) is 16.6. The van der Waals surface area contributed by atoms with Crippen molar-refractivity contribution in [2.24, 2.45) is 0 Å². The van der Waals surface area contributed by atoms with Gasteiger partial charge in [0.05, 0.1) is 52.3 Å². The van der Waals surface area contributed by atoms with Crippen molar-refractivity contribution in [3.63, 3.8) is 0 Å². The van der Waals surface area contributed by atoms with E-state index in [1.165, 1.54) is 26.2 Å². The Kier molecular flexibility index (Phi) is 7.33. The van der Waals surface area contributed by atoms with Crippen LogP contribution in [-0.2, 0) is 16.1 Å². The predicted octanol–water partition coefficient (Wildman–Crippen LogP) is 4.05. The molecule has 4 rings (SSSR count). The molecule has 2 aromatic carbocycles. The number of aliphatic hydroxyl groups is 1. The van der Waals surface area contributed by atoms with Gasteiger partial charge < -0.3 is 29.0 Å². The second kappa shape index (κ2) is 10.6. The average Bonchev–Trinajstić information content (AvgIpc) is 3.17. The molecule has 2 heterocycles. The fourth-order valence-electron chi connectivity index (χ4n) is 4.49. The first-order valence-corrected chi connectivity index (χ1v) is 11.5. The average molecular weight is 505 g/mol. The molecule has 1 atom stereocenters. The molecule has 1 aliphatic heterocycles. The quantitative estimate of drug-likeness (QED) is 0.278. The van der Waals surface area contributed by atoms with Gasteiger partial charge in [-0.05, 0) is 60.5 Å². The molecule has 1 fully saturated rings. The van der Waals surface area contributed by atoms with Crippen molar-refractivity contribution in [1.82, 2.24) is 9.88 Å². The van der Waals surface area contributed by atoms with Crippen LogP contribution in [0, 0.1) is 6.92 Å². The Labute approximate surface area is 214 Å². The molecular weight excluding hydrogens is 476 g/mol. The zero-order valence-corrected chi connectivity index (χ0v) is 21.3. The van der Waals surface area contributed by atoms with Gasteiger partial charge in [0, 0.05) is 11.8 Å². The number of aliphatic hydroxyl groups excluding tert-OH is 1. The van der Waals surface area contributed by atoms with Crippen molar-refractivity contribution >= 4 is 17.4 Å². The first-order valence-electron chi connectivity index (χ1n) is 11.5. The fourth-order valence-corrected chi connectivity index (χ4v) is 4.49. The number of ketones is 1. The molecule has 1 unspecified atom stereocenters. The maximum Gasteiger partial charge on any atom is 0.296 e. The smallest absolute Gasteiger partial charge is 0.296 e. The van der Waals surface area contributed by atoms with E-state index in [0.29, 0.717) is 45.4 Å². The van der Waals surface area contributed by atoms with E-state index in [9.17, 15) is 14.7 Å². The Morgan fingerprint density at radius 1 is 0.946 bits per heavy atom. The molecule has 3 aromatic rings. The first kappa shape index (κ1) is 25.6. The highest BCUT2D eigenvalue weighted by Gasteiger charge is 2.47. The van der Waals surface area contributed by atoms with Crippen LogP contribution < -0.4 is 18.9 Å². The third-order valence-corrected chi connectivity index (χ3v) is 6.29. The Morgan fingerprint density at radius 2 is 1.65 bits per heavy atom. The van der Waals surface area contributed by atoms with Gasteiger partial charge in [-0.25, -0.2) is 0 Å². The standard InChI is InChI=1S/C28H28N2O7/c1-16-12-19(34-2)9-10-20(16)25(31)23-24(17-13-21(35-3)27(37-5)22(14-17)36-4)30(28(33)26(23)32)15-18-8-6-7-11-29-18/h6-14,24,31H,15H2,1-5H3/b25-23+. The molecule has 0 radical (unpaired) electrons. The van der Waals surface area contributed by atoms with Gasteiger partial charge in [0.15, 0.2) is 11.5 Å². The van der Waals surface area contributed by atoms with Gasteiger partial charge in [0.2, 0.25) is 5.75 Å². The monoisotopic (exact) mass is 504 g/mol. The zero-order valence-electron chi connectivity index (χ0n) is 21.3. The van der Waals surface area contributed by atoms with Crippen LogP contribution in [0.1, 0.15) is 28.4 Å². The highest BCUT2D eigenvalue weighted by molar-refractivity contribution is 6.46. The van der Waals surface area contributed by atoms with E-state index in [2.05, 4.69) is 4.98 Å². The minimum atomic E-state index is -0.947. The molecule has 1 aromatic heterocycles. The summed E-state index contributed by atoms with van der Waals surface area (Å²) in [6, 6.07) is 12.8. The van der Waals surface area contributed by atoms with Crippen molar-refractivity contribution in [1.29, 1.82) is 0 Å². The number of Topliss-reactive ketones (excluding diaryl/α,β-unsaturated/α-hetero) is 1. The van der Waals surface area contributed by atoms with E-state index >= 15 is 0 Å². The molecule has 1 amide bonds. The van der Waals surface area contributed by atoms with Gasteiger partial charge in [0.1, 0.15) is 11.5 Å². The number of hydrogen-bond donors (Lipinski definition) is 1. The van der Waals surface area contributed by atoms with Gasteiger partial charge in [0.25, 0.3) is 11.7 Å². The summed E-state index contributed by atoms with van der Waals surface area (Å²) in [6.07, 6.45) is 1.61. The number of methoxy groups -OCH3 is 4. The maximum atomic E-state index is 13.4. The third kappa shape index (κ3) is 4.67. The number of benzene rings is 2. The van der Waals surface area contributed by atoms with Gasteiger partial charge in [-0.15, -0.1) is 0 Å². The van der Waals surface area contributed by atoms with Crippen molar-refractivity contribution in [2.45, 2.75) is 19.5 Å². The summed E-state index contributed by atoms with van der Waals surface area (Å²) in [7, 11) is 5.99. The summed E-state index contributed by atoms with van der Waals surface area (Å²) in [5.74, 6) is -0.186. The number of pyridine rings is 1. The van der Waals surface area contributed by atoms with Gasteiger partial charge in [-0.1, -0.05) is 6.07 Å². The second-order valence-corrected chi connectivity index (χ2v) is 8.39. The summed E-state index contributed by atoms with van der Waals surface area (Å²) in [5, 5.41) is 11.5. The van der Waals surface area contributed by atoms with Crippen LogP contribution in [-0.4, -0.2) is 55.1 Å². The van der Waals surface area contributed by atoms with E-state index in [0.717, 1.165) is 0 Å². The van der Waals surface area contributed by atoms with Gasteiger partial charge in [-0.3, -0.25) is 14.6 Å². The molecule has 0 saturated carbocycles. The first-order chi connectivity index (χ1) is 17.8. The van der Waals surface area contributed by atoms with Crippen molar-refractivity contribution in [2.75, 3.05) is 28.4 Å². The predicted molar refractivity (Wildman–Crippen MR) is 136 cm³/mol. The lowest BCUT2D eigenvalue weighted by Crippen LogP contribution is -2.29. The number of aryl methyl sites for hydroxylation is 1. The number of likely N-dealkylation sites (tertiary alicyclic amines) is 1. The molecule has 9 heteroatoms. The van der Waals surface area contributed by atoms with E-state index in [1.54, 1.807) is 68.8 Å². The number of carbonyl (C=O) groups excluding carboxylic acids is 2. The summed E-state index contributed by atoms with van der Waals surface area (Å²) in [5.41, 5.74) is 2.12. The van der Waals surface area contributed by atoms with Crippen LogP contribution in [0.5, 0.6) is 23.0 Å². The topological polar surface area (TPSA) is 107 Å². The van der Waals surface area contributed by atoms with Crippen LogP contribution in [0.3, 0.4) is 0 Å². The lowest BCUT2D eigenvalue weighted by Gasteiger charge is -2.26. The second-order valence-electron chi connectivity index (χ2n) is 8.39. The molecule has 192 valence electrons. The number of nitrogens with zero attached hydrogens (tertiary/aromatic N) is 2. The minimum Gasteiger partial charge on any atom is -0.507 e. The van der Waals surface area contributed by atoms with Crippen LogP contribution in [0.15, 0.2) is 60.3 Å². The number of carbonyl (C=O) groups is 2. The number of hydrogen-bond acceptors (Lipinski definition) is 8. The SMILES string of the molecule is COc1ccc(/C(O)=C2\C(=O)C(=O)N(Cc3ccccn3)C2c2cc(OC)c(OC)c(OC)c2)c(C)c1. The number of rotatable bonds is 8. The van der Waals surface area contributed by atoms with E-state index in [4.69, 9.17) is 18.9 Å². The molecule has 1 saturated heterocycles. The molecular formula is C28H28N2O7. The van der Waals surface area contributed by atoms with E-state index < -0.39 is 17.7 Å². The van der Waals surface area contributed by atoms with Crippen molar-refractivity contribution in [3.05, 3.63) is 82.7 Å².